The molecule has 1 aromatic heterocycles. The summed E-state index contributed by atoms with van der Waals surface area (Å²) in [5.41, 5.74) is 2.83. The van der Waals surface area contributed by atoms with Crippen molar-refractivity contribution in [2.45, 2.75) is 27.2 Å². The number of pyridine rings is 1. The summed E-state index contributed by atoms with van der Waals surface area (Å²) in [4.78, 5) is 31.5. The number of H-pyrrole nitrogens is 1. The first-order valence-electron chi connectivity index (χ1n) is 9.67. The SMILES string of the molecule is CCc1ccc(C(=O)NCCN(CC)CC)c2[nH]c3ccccc3c(=O)c12. The van der Waals surface area contributed by atoms with Crippen LogP contribution in [-0.4, -0.2) is 42.0 Å². The van der Waals surface area contributed by atoms with Gasteiger partial charge in [-0.1, -0.05) is 39.0 Å². The monoisotopic (exact) mass is 365 g/mol. The Balaban J connectivity index is 2.03. The molecule has 0 fully saturated rings. The predicted octanol–water partition coefficient (Wildman–Crippen LogP) is 3.32. The van der Waals surface area contributed by atoms with E-state index in [2.05, 4.69) is 29.0 Å². The van der Waals surface area contributed by atoms with Gasteiger partial charge in [0.15, 0.2) is 5.43 Å². The molecular weight excluding hydrogens is 338 g/mol. The molecular formula is C22H27N3O2. The molecule has 0 unspecified atom stereocenters. The molecule has 0 radical (unpaired) electrons. The summed E-state index contributed by atoms with van der Waals surface area (Å²) in [6, 6.07) is 11.2. The number of hydrogen-bond acceptors (Lipinski definition) is 3. The number of nitrogens with zero attached hydrogens (tertiary/aromatic N) is 1. The number of hydrogen-bond donors (Lipinski definition) is 2. The highest BCUT2D eigenvalue weighted by atomic mass is 16.1. The van der Waals surface area contributed by atoms with Crippen molar-refractivity contribution in [2.75, 3.05) is 26.2 Å². The summed E-state index contributed by atoms with van der Waals surface area (Å²) < 4.78 is 0. The molecule has 0 saturated heterocycles. The van der Waals surface area contributed by atoms with Crippen LogP contribution in [0.4, 0.5) is 0 Å². The Kier molecular flexibility index (Phi) is 5.91. The van der Waals surface area contributed by atoms with Gasteiger partial charge in [-0.15, -0.1) is 0 Å². The molecule has 27 heavy (non-hydrogen) atoms. The molecule has 2 N–H and O–H groups in total. The zero-order chi connectivity index (χ0) is 19.4. The molecule has 5 nitrogen and oxygen atoms in total. The van der Waals surface area contributed by atoms with Crippen LogP contribution in [0.3, 0.4) is 0 Å². The van der Waals surface area contributed by atoms with Gasteiger partial charge in [0.25, 0.3) is 5.91 Å². The number of aromatic nitrogens is 1. The molecule has 0 spiro atoms. The van der Waals surface area contributed by atoms with Gasteiger partial charge < -0.3 is 15.2 Å². The zero-order valence-electron chi connectivity index (χ0n) is 16.3. The Morgan fingerprint density at radius 2 is 1.81 bits per heavy atom. The van der Waals surface area contributed by atoms with Crippen LogP contribution in [0.15, 0.2) is 41.2 Å². The minimum atomic E-state index is -0.152. The molecule has 3 rings (SSSR count). The van der Waals surface area contributed by atoms with E-state index in [1.165, 1.54) is 0 Å². The van der Waals surface area contributed by atoms with Gasteiger partial charge in [0.05, 0.1) is 16.5 Å². The summed E-state index contributed by atoms with van der Waals surface area (Å²) in [5.74, 6) is -0.152. The number of likely N-dealkylation sites (N-methyl/N-ethyl adjacent to an activating group) is 1. The fraction of sp³-hybridized carbons (Fsp3) is 0.364. The maximum atomic E-state index is 13.1. The molecule has 142 valence electrons. The number of amides is 1. The van der Waals surface area contributed by atoms with E-state index in [-0.39, 0.29) is 11.3 Å². The van der Waals surface area contributed by atoms with Crippen molar-refractivity contribution in [2.24, 2.45) is 0 Å². The molecule has 1 amide bonds. The minimum absolute atomic E-state index is 0.0195. The van der Waals surface area contributed by atoms with Gasteiger partial charge in [-0.3, -0.25) is 9.59 Å². The molecule has 0 aliphatic heterocycles. The summed E-state index contributed by atoms with van der Waals surface area (Å²) >= 11 is 0. The van der Waals surface area contributed by atoms with Crippen LogP contribution in [0.1, 0.15) is 36.7 Å². The van der Waals surface area contributed by atoms with Crippen molar-refractivity contribution in [3.8, 4) is 0 Å². The lowest BCUT2D eigenvalue weighted by molar-refractivity contribution is 0.0950. The van der Waals surface area contributed by atoms with E-state index in [1.807, 2.05) is 43.3 Å². The second-order valence-corrected chi connectivity index (χ2v) is 6.66. The molecule has 0 saturated carbocycles. The molecule has 1 heterocycles. The average Bonchev–Trinajstić information content (AvgIpc) is 2.70. The molecule has 0 atom stereocenters. The highest BCUT2D eigenvalue weighted by molar-refractivity contribution is 6.08. The summed E-state index contributed by atoms with van der Waals surface area (Å²) in [6.45, 7) is 9.54. The van der Waals surface area contributed by atoms with E-state index < -0.39 is 0 Å². The third kappa shape index (κ3) is 3.74. The van der Waals surface area contributed by atoms with Crippen LogP contribution in [0.2, 0.25) is 0 Å². The number of carbonyl (C=O) groups is 1. The number of benzene rings is 2. The maximum Gasteiger partial charge on any atom is 0.253 e. The third-order valence-corrected chi connectivity index (χ3v) is 5.18. The second kappa shape index (κ2) is 8.35. The van der Waals surface area contributed by atoms with E-state index in [1.54, 1.807) is 0 Å². The Bertz CT molecular complexity index is 1020. The quantitative estimate of drug-likeness (QED) is 0.631. The first-order chi connectivity index (χ1) is 13.1. The smallest absolute Gasteiger partial charge is 0.253 e. The van der Waals surface area contributed by atoms with E-state index in [9.17, 15) is 9.59 Å². The lowest BCUT2D eigenvalue weighted by Crippen LogP contribution is -2.35. The Hall–Kier alpha value is -2.66. The van der Waals surface area contributed by atoms with Crippen LogP contribution in [0.5, 0.6) is 0 Å². The van der Waals surface area contributed by atoms with Crippen molar-refractivity contribution < 1.29 is 4.79 Å². The largest absolute Gasteiger partial charge is 0.354 e. The van der Waals surface area contributed by atoms with Crippen LogP contribution in [0.25, 0.3) is 21.8 Å². The zero-order valence-corrected chi connectivity index (χ0v) is 16.3. The van der Waals surface area contributed by atoms with Crippen LogP contribution < -0.4 is 10.7 Å². The number of carbonyl (C=O) groups excluding carboxylic acids is 1. The summed E-state index contributed by atoms with van der Waals surface area (Å²) in [7, 11) is 0. The molecule has 5 heteroatoms. The number of aryl methyl sites for hydroxylation is 1. The number of aromatic amines is 1. The van der Waals surface area contributed by atoms with Gasteiger partial charge in [-0.25, -0.2) is 0 Å². The van der Waals surface area contributed by atoms with Gasteiger partial charge in [-0.2, -0.15) is 0 Å². The highest BCUT2D eigenvalue weighted by Crippen LogP contribution is 2.22. The fourth-order valence-electron chi connectivity index (χ4n) is 3.54. The van der Waals surface area contributed by atoms with Gasteiger partial charge in [0, 0.05) is 24.0 Å². The van der Waals surface area contributed by atoms with Gasteiger partial charge in [0.1, 0.15) is 0 Å². The van der Waals surface area contributed by atoms with Gasteiger partial charge in [0.2, 0.25) is 0 Å². The first-order valence-corrected chi connectivity index (χ1v) is 9.67. The van der Waals surface area contributed by atoms with Crippen molar-refractivity contribution in [3.05, 3.63) is 57.7 Å². The minimum Gasteiger partial charge on any atom is -0.354 e. The number of fused-ring (bicyclic) bond motifs is 2. The molecule has 0 bridgehead atoms. The van der Waals surface area contributed by atoms with E-state index in [0.717, 1.165) is 37.1 Å². The fourth-order valence-corrected chi connectivity index (χ4v) is 3.54. The number of nitrogens with one attached hydrogen (secondary N) is 2. The molecule has 0 aliphatic carbocycles. The van der Waals surface area contributed by atoms with Crippen molar-refractivity contribution in [3.63, 3.8) is 0 Å². The topological polar surface area (TPSA) is 65.2 Å². The average molecular weight is 365 g/mol. The Morgan fingerprint density at radius 3 is 2.52 bits per heavy atom. The molecule has 3 aromatic rings. The van der Waals surface area contributed by atoms with Gasteiger partial charge >= 0.3 is 0 Å². The lowest BCUT2D eigenvalue weighted by Gasteiger charge is -2.18. The maximum absolute atomic E-state index is 13.1. The first kappa shape index (κ1) is 19.1. The highest BCUT2D eigenvalue weighted by Gasteiger charge is 2.16. The predicted molar refractivity (Wildman–Crippen MR) is 112 cm³/mol. The van der Waals surface area contributed by atoms with E-state index in [4.69, 9.17) is 0 Å². The standard InChI is InChI=1S/C22H27N3O2/c1-4-15-11-12-17(22(27)23-13-14-25(5-2)6-3)20-19(15)21(26)16-9-7-8-10-18(16)24-20/h7-12H,4-6,13-14H2,1-3H3,(H,23,27)(H,24,26). The summed E-state index contributed by atoms with van der Waals surface area (Å²) in [6.07, 6.45) is 0.738. The lowest BCUT2D eigenvalue weighted by atomic mass is 9.99. The van der Waals surface area contributed by atoms with Crippen LogP contribution >= 0.6 is 0 Å². The van der Waals surface area contributed by atoms with E-state index in [0.29, 0.717) is 28.4 Å². The van der Waals surface area contributed by atoms with Crippen molar-refractivity contribution >= 4 is 27.7 Å². The van der Waals surface area contributed by atoms with Crippen LogP contribution in [-0.2, 0) is 6.42 Å². The Labute approximate surface area is 159 Å². The second-order valence-electron chi connectivity index (χ2n) is 6.66. The normalized spacial score (nSPS) is 11.4. The number of rotatable bonds is 7. The number of para-hydroxylation sites is 1. The van der Waals surface area contributed by atoms with E-state index >= 15 is 0 Å². The molecule has 0 aliphatic rings. The van der Waals surface area contributed by atoms with Crippen molar-refractivity contribution in [1.82, 2.24) is 15.2 Å². The summed E-state index contributed by atoms with van der Waals surface area (Å²) in [5, 5.41) is 4.26. The Morgan fingerprint density at radius 1 is 1.07 bits per heavy atom. The third-order valence-electron chi connectivity index (χ3n) is 5.18. The van der Waals surface area contributed by atoms with Gasteiger partial charge in [-0.05, 0) is 43.3 Å². The van der Waals surface area contributed by atoms with Crippen LogP contribution in [0, 0.1) is 0 Å². The molecule has 2 aromatic carbocycles. The van der Waals surface area contributed by atoms with Crippen molar-refractivity contribution in [1.29, 1.82) is 0 Å².